The third-order valence-electron chi connectivity index (χ3n) is 8.41. The molecular formula is C27H30N3O4+. The zero-order valence-corrected chi connectivity index (χ0v) is 19.1. The van der Waals surface area contributed by atoms with Gasteiger partial charge in [0, 0.05) is 18.0 Å². The third kappa shape index (κ3) is 3.03. The molecule has 1 saturated carbocycles. The molecule has 2 aromatic carbocycles. The first-order valence-corrected chi connectivity index (χ1v) is 12.4. The van der Waals surface area contributed by atoms with Crippen LogP contribution in [0.25, 0.3) is 0 Å². The lowest BCUT2D eigenvalue weighted by molar-refractivity contribution is -0.733. The number of imide groups is 1. The summed E-state index contributed by atoms with van der Waals surface area (Å²) in [4.78, 5) is 43.1. The fraction of sp³-hybridized carbons (Fsp3) is 0.444. The smallest absolute Gasteiger partial charge is 0.291 e. The Morgan fingerprint density at radius 1 is 0.941 bits per heavy atom. The summed E-state index contributed by atoms with van der Waals surface area (Å²) in [6.45, 7) is 0. The highest BCUT2D eigenvalue weighted by Crippen LogP contribution is 2.50. The summed E-state index contributed by atoms with van der Waals surface area (Å²) in [5.41, 5.74) is 1.36. The van der Waals surface area contributed by atoms with Gasteiger partial charge in [0.2, 0.25) is 17.4 Å². The number of para-hydroxylation sites is 1. The van der Waals surface area contributed by atoms with Crippen molar-refractivity contribution >= 4 is 23.4 Å². The van der Waals surface area contributed by atoms with Crippen LogP contribution >= 0.6 is 0 Å². The van der Waals surface area contributed by atoms with Gasteiger partial charge in [-0.05, 0) is 36.6 Å². The third-order valence-corrected chi connectivity index (χ3v) is 8.41. The number of rotatable bonds is 3. The van der Waals surface area contributed by atoms with E-state index >= 15 is 0 Å². The SMILES string of the molecule is O=C1[C@H]2[C@@H](C(=O)N1C1CCCCCC1)[C@]1([NH2+][C@@H]2Cc2ccc(O)cc2)C(=O)Nc2ccccc21. The molecular weight excluding hydrogens is 430 g/mol. The molecule has 4 aliphatic rings. The molecule has 4 N–H and O–H groups in total. The normalized spacial score (nSPS) is 31.0. The van der Waals surface area contributed by atoms with Crippen LogP contribution in [0.15, 0.2) is 48.5 Å². The van der Waals surface area contributed by atoms with Gasteiger partial charge in [0.05, 0.1) is 5.69 Å². The van der Waals surface area contributed by atoms with Crippen LogP contribution in [-0.4, -0.2) is 39.8 Å². The van der Waals surface area contributed by atoms with Crippen molar-refractivity contribution < 1.29 is 24.8 Å². The molecule has 6 rings (SSSR count). The Balaban J connectivity index is 1.44. The number of likely N-dealkylation sites (tertiary alicyclic amines) is 1. The van der Waals surface area contributed by atoms with Crippen LogP contribution in [0.1, 0.15) is 49.7 Å². The summed E-state index contributed by atoms with van der Waals surface area (Å²) in [5.74, 6) is -1.59. The van der Waals surface area contributed by atoms with Crippen molar-refractivity contribution in [2.45, 2.75) is 62.6 Å². The Bertz CT molecular complexity index is 1150. The summed E-state index contributed by atoms with van der Waals surface area (Å²) in [6, 6.07) is 14.2. The van der Waals surface area contributed by atoms with Gasteiger partial charge >= 0.3 is 0 Å². The molecule has 3 heterocycles. The fourth-order valence-electron chi connectivity index (χ4n) is 6.91. The molecule has 1 spiro atoms. The van der Waals surface area contributed by atoms with E-state index in [1.165, 1.54) is 0 Å². The van der Waals surface area contributed by atoms with E-state index in [0.29, 0.717) is 6.42 Å². The maximum atomic E-state index is 14.0. The van der Waals surface area contributed by atoms with Crippen LogP contribution < -0.4 is 10.6 Å². The topological polar surface area (TPSA) is 103 Å². The van der Waals surface area contributed by atoms with Crippen molar-refractivity contribution in [2.75, 3.05) is 5.32 Å². The van der Waals surface area contributed by atoms with Crippen LogP contribution in [0.3, 0.4) is 0 Å². The number of nitrogens with zero attached hydrogens (tertiary/aromatic N) is 1. The quantitative estimate of drug-likeness (QED) is 0.482. The summed E-state index contributed by atoms with van der Waals surface area (Å²) in [6.07, 6.45) is 6.55. The molecule has 0 unspecified atom stereocenters. The Labute approximate surface area is 198 Å². The number of hydrogen-bond acceptors (Lipinski definition) is 4. The van der Waals surface area contributed by atoms with Gasteiger partial charge in [-0.25, -0.2) is 0 Å². The summed E-state index contributed by atoms with van der Waals surface area (Å²) in [5, 5.41) is 14.7. The molecule has 0 bridgehead atoms. The number of quaternary nitrogens is 1. The number of carbonyl (C=O) groups excluding carboxylic acids is 3. The molecule has 2 saturated heterocycles. The second-order valence-corrected chi connectivity index (χ2v) is 10.3. The highest BCUT2D eigenvalue weighted by Gasteiger charge is 2.74. The first-order valence-electron chi connectivity index (χ1n) is 12.4. The number of phenols is 1. The minimum atomic E-state index is -1.13. The average molecular weight is 461 g/mol. The number of nitrogens with one attached hydrogen (secondary N) is 1. The maximum Gasteiger partial charge on any atom is 0.291 e. The maximum absolute atomic E-state index is 14.0. The van der Waals surface area contributed by atoms with E-state index in [0.717, 1.165) is 55.3 Å². The van der Waals surface area contributed by atoms with Crippen molar-refractivity contribution in [1.29, 1.82) is 0 Å². The second kappa shape index (κ2) is 7.94. The summed E-state index contributed by atoms with van der Waals surface area (Å²) in [7, 11) is 0. The Kier molecular flexibility index (Phi) is 4.99. The average Bonchev–Trinajstić information content (AvgIpc) is 3.29. The van der Waals surface area contributed by atoms with E-state index < -0.39 is 17.4 Å². The number of hydrogen-bond donors (Lipinski definition) is 3. The Hall–Kier alpha value is -3.19. The van der Waals surface area contributed by atoms with Gasteiger partial charge in [-0.15, -0.1) is 0 Å². The molecule has 3 fully saturated rings. The van der Waals surface area contributed by atoms with Crippen molar-refractivity contribution in [3.8, 4) is 5.75 Å². The number of phenolic OH excluding ortho intramolecular Hbond substituents is 1. The van der Waals surface area contributed by atoms with E-state index in [1.807, 2.05) is 41.7 Å². The number of fused-ring (bicyclic) bond motifs is 4. The van der Waals surface area contributed by atoms with E-state index in [4.69, 9.17) is 0 Å². The van der Waals surface area contributed by atoms with Crippen LogP contribution in [0.5, 0.6) is 5.75 Å². The van der Waals surface area contributed by atoms with E-state index in [1.54, 1.807) is 17.0 Å². The number of anilines is 1. The zero-order valence-electron chi connectivity index (χ0n) is 19.1. The lowest BCUT2D eigenvalue weighted by Crippen LogP contribution is -2.99. The lowest BCUT2D eigenvalue weighted by atomic mass is 9.76. The van der Waals surface area contributed by atoms with Gasteiger partial charge in [-0.1, -0.05) is 56.0 Å². The van der Waals surface area contributed by atoms with Crippen LogP contribution in [-0.2, 0) is 26.3 Å². The molecule has 0 radical (unpaired) electrons. The summed E-state index contributed by atoms with van der Waals surface area (Å²) < 4.78 is 0. The number of carbonyl (C=O) groups is 3. The van der Waals surface area contributed by atoms with Crippen molar-refractivity contribution in [2.24, 2.45) is 11.8 Å². The first-order chi connectivity index (χ1) is 16.5. The predicted molar refractivity (Wildman–Crippen MR) is 125 cm³/mol. The van der Waals surface area contributed by atoms with Gasteiger partial charge < -0.3 is 15.7 Å². The van der Waals surface area contributed by atoms with Gasteiger partial charge in [-0.2, -0.15) is 0 Å². The molecule has 2 aromatic rings. The molecule has 3 aliphatic heterocycles. The van der Waals surface area contributed by atoms with E-state index in [2.05, 4.69) is 5.32 Å². The van der Waals surface area contributed by atoms with Crippen LogP contribution in [0.2, 0.25) is 0 Å². The molecule has 4 atom stereocenters. The number of amides is 3. The van der Waals surface area contributed by atoms with Crippen molar-refractivity contribution in [1.82, 2.24) is 4.90 Å². The monoisotopic (exact) mass is 460 g/mol. The van der Waals surface area contributed by atoms with E-state index in [9.17, 15) is 19.5 Å². The fourth-order valence-corrected chi connectivity index (χ4v) is 6.91. The minimum Gasteiger partial charge on any atom is -0.508 e. The zero-order chi connectivity index (χ0) is 23.4. The van der Waals surface area contributed by atoms with E-state index in [-0.39, 0.29) is 35.6 Å². The van der Waals surface area contributed by atoms with Crippen molar-refractivity contribution in [3.63, 3.8) is 0 Å². The van der Waals surface area contributed by atoms with Gasteiger partial charge in [0.15, 0.2) is 0 Å². The summed E-state index contributed by atoms with van der Waals surface area (Å²) >= 11 is 0. The van der Waals surface area contributed by atoms with Gasteiger partial charge in [0.25, 0.3) is 5.91 Å². The molecule has 0 aromatic heterocycles. The van der Waals surface area contributed by atoms with Gasteiger partial charge in [-0.3, -0.25) is 19.3 Å². The Morgan fingerprint density at radius 3 is 2.38 bits per heavy atom. The highest BCUT2D eigenvalue weighted by atomic mass is 16.3. The van der Waals surface area contributed by atoms with Gasteiger partial charge in [0.1, 0.15) is 23.6 Å². The van der Waals surface area contributed by atoms with Crippen LogP contribution in [0.4, 0.5) is 5.69 Å². The first kappa shape index (κ1) is 21.4. The number of aromatic hydroxyl groups is 1. The molecule has 3 amide bonds. The van der Waals surface area contributed by atoms with Crippen molar-refractivity contribution in [3.05, 3.63) is 59.7 Å². The molecule has 176 valence electrons. The van der Waals surface area contributed by atoms with Crippen LogP contribution in [0, 0.1) is 11.8 Å². The largest absolute Gasteiger partial charge is 0.508 e. The Morgan fingerprint density at radius 2 is 1.65 bits per heavy atom. The molecule has 7 heteroatoms. The predicted octanol–water partition coefficient (Wildman–Crippen LogP) is 2.05. The standard InChI is InChI=1S/C27H29N3O4/c31-18-13-11-16(12-14-18)15-21-22-23(25(33)30(24(22)32)17-7-3-1-2-4-8-17)27(29-21)19-9-5-6-10-20(19)28-26(27)34/h5-6,9-14,17,21-23,29,31H,1-4,7-8,15H2,(H,28,34)/p+1/t21-,22-,23+,27+/m1/s1. The second-order valence-electron chi connectivity index (χ2n) is 10.3. The number of nitrogens with two attached hydrogens (primary N) is 1. The molecule has 1 aliphatic carbocycles. The highest BCUT2D eigenvalue weighted by molar-refractivity contribution is 6.14. The molecule has 7 nitrogen and oxygen atoms in total. The molecule has 34 heavy (non-hydrogen) atoms. The lowest BCUT2D eigenvalue weighted by Gasteiger charge is -2.30. The minimum absolute atomic E-state index is 0.0702. The number of benzene rings is 2.